The molecule has 0 saturated carbocycles. The highest BCUT2D eigenvalue weighted by Gasteiger charge is 2.16. The quantitative estimate of drug-likeness (QED) is 0.467. The van der Waals surface area contributed by atoms with Crippen LogP contribution in [0.5, 0.6) is 0 Å². The van der Waals surface area contributed by atoms with Crippen LogP contribution in [0.15, 0.2) is 36.5 Å². The largest absolute Gasteiger partial charge is 0.444 e. The molecule has 0 bridgehead atoms. The van der Waals surface area contributed by atoms with Crippen molar-refractivity contribution in [2.24, 2.45) is 0 Å². The molecular formula is C23H28N4O3. The van der Waals surface area contributed by atoms with Crippen molar-refractivity contribution in [1.82, 2.24) is 19.9 Å². The zero-order valence-electron chi connectivity index (χ0n) is 17.9. The minimum absolute atomic E-state index is 0.398. The summed E-state index contributed by atoms with van der Waals surface area (Å²) in [5.74, 6) is 0. The SMILES string of the molecule is Cc1cc(-c2ccnc3cc(CCCC=O)nn23)ccc1CNC(=O)OC(C)(C)C. The van der Waals surface area contributed by atoms with E-state index in [-0.39, 0.29) is 0 Å². The Labute approximate surface area is 176 Å². The molecule has 0 atom stereocenters. The van der Waals surface area contributed by atoms with Gasteiger partial charge in [0.25, 0.3) is 0 Å². The molecule has 0 aliphatic rings. The number of aromatic nitrogens is 3. The number of aldehydes is 1. The Bertz CT molecular complexity index is 1050. The van der Waals surface area contributed by atoms with E-state index >= 15 is 0 Å². The van der Waals surface area contributed by atoms with E-state index in [1.54, 1.807) is 6.20 Å². The zero-order chi connectivity index (χ0) is 21.7. The van der Waals surface area contributed by atoms with Gasteiger partial charge < -0.3 is 14.8 Å². The fourth-order valence-electron chi connectivity index (χ4n) is 3.19. The number of nitrogens with one attached hydrogen (secondary N) is 1. The van der Waals surface area contributed by atoms with Crippen LogP contribution in [0.4, 0.5) is 4.79 Å². The molecule has 1 N–H and O–H groups in total. The Hall–Kier alpha value is -3.22. The van der Waals surface area contributed by atoms with Crippen molar-refractivity contribution in [3.8, 4) is 11.3 Å². The van der Waals surface area contributed by atoms with E-state index in [2.05, 4.69) is 21.5 Å². The first-order valence-corrected chi connectivity index (χ1v) is 10.1. The van der Waals surface area contributed by atoms with Gasteiger partial charge in [-0.3, -0.25) is 0 Å². The number of nitrogens with zero attached hydrogens (tertiary/aromatic N) is 3. The van der Waals surface area contributed by atoms with Crippen molar-refractivity contribution in [2.45, 2.75) is 59.1 Å². The van der Waals surface area contributed by atoms with Gasteiger partial charge in [0.1, 0.15) is 11.9 Å². The Morgan fingerprint density at radius 1 is 1.23 bits per heavy atom. The molecule has 0 unspecified atom stereocenters. The molecule has 158 valence electrons. The molecule has 1 aromatic carbocycles. The maximum Gasteiger partial charge on any atom is 0.407 e. The first-order chi connectivity index (χ1) is 14.3. The standard InChI is InChI=1S/C23H28N4O3/c1-16-13-17(8-9-18(16)15-25-22(29)30-23(2,3)4)20-10-11-24-21-14-19(26-27(20)21)7-5-6-12-28/h8-14H,5-7,15H2,1-4H3,(H,25,29). The van der Waals surface area contributed by atoms with Crippen LogP contribution >= 0.6 is 0 Å². The number of hydrogen-bond donors (Lipinski definition) is 1. The maximum absolute atomic E-state index is 11.9. The van der Waals surface area contributed by atoms with E-state index in [0.717, 1.165) is 52.9 Å². The number of alkyl carbamates (subject to hydrolysis) is 1. The van der Waals surface area contributed by atoms with E-state index in [1.165, 1.54) is 0 Å². The van der Waals surface area contributed by atoms with E-state index in [1.807, 2.05) is 56.5 Å². The Balaban J connectivity index is 1.78. The molecule has 7 heteroatoms. The summed E-state index contributed by atoms with van der Waals surface area (Å²) in [6.07, 6.45) is 4.33. The van der Waals surface area contributed by atoms with Gasteiger partial charge in [-0.2, -0.15) is 5.10 Å². The van der Waals surface area contributed by atoms with Crippen molar-refractivity contribution in [1.29, 1.82) is 0 Å². The van der Waals surface area contributed by atoms with Crippen LogP contribution in [-0.2, 0) is 22.5 Å². The van der Waals surface area contributed by atoms with E-state index in [4.69, 9.17) is 4.74 Å². The second-order valence-electron chi connectivity index (χ2n) is 8.29. The van der Waals surface area contributed by atoms with Gasteiger partial charge >= 0.3 is 6.09 Å². The number of amides is 1. The summed E-state index contributed by atoms with van der Waals surface area (Å²) >= 11 is 0. The van der Waals surface area contributed by atoms with Crippen LogP contribution in [0.2, 0.25) is 0 Å². The summed E-state index contributed by atoms with van der Waals surface area (Å²) in [6.45, 7) is 7.93. The third-order valence-corrected chi connectivity index (χ3v) is 4.62. The van der Waals surface area contributed by atoms with Gasteiger partial charge in [-0.15, -0.1) is 0 Å². The first kappa shape index (κ1) is 21.5. The van der Waals surface area contributed by atoms with Crippen LogP contribution in [-0.4, -0.2) is 32.6 Å². The van der Waals surface area contributed by atoms with E-state index in [9.17, 15) is 9.59 Å². The summed E-state index contributed by atoms with van der Waals surface area (Å²) in [5, 5.41) is 7.47. The molecule has 0 aliphatic heterocycles. The van der Waals surface area contributed by atoms with Gasteiger partial charge in [-0.05, 0) is 63.8 Å². The van der Waals surface area contributed by atoms with Gasteiger partial charge in [-0.25, -0.2) is 14.3 Å². The molecule has 2 aromatic heterocycles. The third-order valence-electron chi connectivity index (χ3n) is 4.62. The topological polar surface area (TPSA) is 85.6 Å². The predicted molar refractivity (Wildman–Crippen MR) is 115 cm³/mol. The zero-order valence-corrected chi connectivity index (χ0v) is 17.9. The fraction of sp³-hybridized carbons (Fsp3) is 0.391. The van der Waals surface area contributed by atoms with Gasteiger partial charge in [0.05, 0.1) is 11.4 Å². The summed E-state index contributed by atoms with van der Waals surface area (Å²) < 4.78 is 7.13. The molecule has 0 radical (unpaired) electrons. The van der Waals surface area contributed by atoms with Gasteiger partial charge in [0.15, 0.2) is 5.65 Å². The molecule has 0 aliphatic carbocycles. The number of rotatable bonds is 7. The normalized spacial score (nSPS) is 11.5. The number of benzene rings is 1. The number of aryl methyl sites for hydroxylation is 2. The third kappa shape index (κ3) is 5.43. The summed E-state index contributed by atoms with van der Waals surface area (Å²) in [4.78, 5) is 26.8. The Kier molecular flexibility index (Phi) is 6.50. The average Bonchev–Trinajstić information content (AvgIpc) is 3.08. The fourth-order valence-corrected chi connectivity index (χ4v) is 3.19. The van der Waals surface area contributed by atoms with Crippen molar-refractivity contribution >= 4 is 18.0 Å². The van der Waals surface area contributed by atoms with E-state index in [0.29, 0.717) is 13.0 Å². The average molecular weight is 409 g/mol. The smallest absolute Gasteiger partial charge is 0.407 e. The molecule has 7 nitrogen and oxygen atoms in total. The second-order valence-corrected chi connectivity index (χ2v) is 8.29. The number of fused-ring (bicyclic) bond motifs is 1. The lowest BCUT2D eigenvalue weighted by atomic mass is 10.0. The Morgan fingerprint density at radius 2 is 2.03 bits per heavy atom. The van der Waals surface area contributed by atoms with Crippen molar-refractivity contribution < 1.29 is 14.3 Å². The number of hydrogen-bond acceptors (Lipinski definition) is 5. The molecule has 0 saturated heterocycles. The second kappa shape index (κ2) is 9.07. The molecule has 3 rings (SSSR count). The minimum Gasteiger partial charge on any atom is -0.444 e. The summed E-state index contributed by atoms with van der Waals surface area (Å²) in [7, 11) is 0. The van der Waals surface area contributed by atoms with Crippen molar-refractivity contribution in [2.75, 3.05) is 0 Å². The lowest BCUT2D eigenvalue weighted by Gasteiger charge is -2.20. The Morgan fingerprint density at radius 3 is 2.73 bits per heavy atom. The minimum atomic E-state index is -0.522. The monoisotopic (exact) mass is 408 g/mol. The number of unbranched alkanes of at least 4 members (excludes halogenated alkanes) is 1. The molecule has 0 fully saturated rings. The van der Waals surface area contributed by atoms with Crippen molar-refractivity contribution in [3.63, 3.8) is 0 Å². The highest BCUT2D eigenvalue weighted by atomic mass is 16.6. The first-order valence-electron chi connectivity index (χ1n) is 10.1. The molecular weight excluding hydrogens is 380 g/mol. The van der Waals surface area contributed by atoms with Gasteiger partial charge in [0, 0.05) is 30.8 Å². The molecule has 30 heavy (non-hydrogen) atoms. The number of ether oxygens (including phenoxy) is 1. The predicted octanol–water partition coefficient (Wildman–Crippen LogP) is 4.25. The summed E-state index contributed by atoms with van der Waals surface area (Å²) in [6, 6.07) is 9.99. The van der Waals surface area contributed by atoms with Gasteiger partial charge in [-0.1, -0.05) is 12.1 Å². The number of carbonyl (C=O) groups excluding carboxylic acids is 2. The molecule has 0 spiro atoms. The van der Waals surface area contributed by atoms with Crippen LogP contribution in [0.25, 0.3) is 16.9 Å². The maximum atomic E-state index is 11.9. The van der Waals surface area contributed by atoms with Crippen LogP contribution in [0, 0.1) is 6.92 Å². The van der Waals surface area contributed by atoms with Crippen LogP contribution in [0.1, 0.15) is 50.4 Å². The lowest BCUT2D eigenvalue weighted by molar-refractivity contribution is -0.107. The highest BCUT2D eigenvalue weighted by Crippen LogP contribution is 2.23. The summed E-state index contributed by atoms with van der Waals surface area (Å²) in [5.41, 5.74) is 5.22. The van der Waals surface area contributed by atoms with Crippen molar-refractivity contribution in [3.05, 3.63) is 53.3 Å². The van der Waals surface area contributed by atoms with Crippen LogP contribution in [0.3, 0.4) is 0 Å². The highest BCUT2D eigenvalue weighted by molar-refractivity contribution is 5.68. The molecule has 2 heterocycles. The van der Waals surface area contributed by atoms with Gasteiger partial charge in [0.2, 0.25) is 0 Å². The van der Waals surface area contributed by atoms with E-state index < -0.39 is 11.7 Å². The molecule has 3 aromatic rings. The van der Waals surface area contributed by atoms with Crippen LogP contribution < -0.4 is 5.32 Å². The molecule has 1 amide bonds. The lowest BCUT2D eigenvalue weighted by Crippen LogP contribution is -2.32. The number of carbonyl (C=O) groups is 2.